The van der Waals surface area contributed by atoms with Crippen LogP contribution in [0.15, 0.2) is 57.4 Å². The summed E-state index contributed by atoms with van der Waals surface area (Å²) in [7, 11) is -3.80. The highest BCUT2D eigenvalue weighted by molar-refractivity contribution is 7.92. The third-order valence-electron chi connectivity index (χ3n) is 3.14. The fraction of sp³-hybridized carbons (Fsp3) is 0.0588. The van der Waals surface area contributed by atoms with Crippen LogP contribution in [0.3, 0.4) is 0 Å². The van der Waals surface area contributed by atoms with Crippen molar-refractivity contribution in [2.45, 2.75) is 10.6 Å². The number of aromatic nitrogens is 1. The van der Waals surface area contributed by atoms with E-state index in [1.165, 1.54) is 17.4 Å². The number of rotatable bonds is 6. The molecule has 3 rings (SSSR count). The van der Waals surface area contributed by atoms with Crippen LogP contribution in [-0.4, -0.2) is 19.3 Å². The molecular formula is C17H14N2O3S3. The van der Waals surface area contributed by atoms with Gasteiger partial charge >= 0.3 is 0 Å². The van der Waals surface area contributed by atoms with Crippen molar-refractivity contribution >= 4 is 50.8 Å². The van der Waals surface area contributed by atoms with Crippen molar-refractivity contribution in [3.8, 4) is 0 Å². The lowest BCUT2D eigenvalue weighted by Crippen LogP contribution is -2.31. The van der Waals surface area contributed by atoms with Crippen LogP contribution >= 0.6 is 22.7 Å². The van der Waals surface area contributed by atoms with E-state index >= 15 is 0 Å². The molecule has 0 aliphatic rings. The quantitative estimate of drug-likeness (QED) is 0.700. The first kappa shape index (κ1) is 17.5. The molecule has 5 nitrogen and oxygen atoms in total. The minimum absolute atomic E-state index is 0.0831. The number of hydrogen-bond acceptors (Lipinski definition) is 6. The van der Waals surface area contributed by atoms with Gasteiger partial charge in [0.05, 0.1) is 12.1 Å². The van der Waals surface area contributed by atoms with Gasteiger partial charge in [0.1, 0.15) is 9.22 Å². The number of nitrogens with zero attached hydrogens (tertiary/aromatic N) is 1. The molecule has 2 aromatic heterocycles. The zero-order valence-electron chi connectivity index (χ0n) is 13.0. The summed E-state index contributed by atoms with van der Waals surface area (Å²) in [5.41, 5.74) is 1.59. The highest BCUT2D eigenvalue weighted by Crippen LogP contribution is 2.17. The van der Waals surface area contributed by atoms with Crippen molar-refractivity contribution < 1.29 is 13.2 Å². The Kier molecular flexibility index (Phi) is 5.42. The average molecular weight is 391 g/mol. The van der Waals surface area contributed by atoms with Gasteiger partial charge in [0.15, 0.2) is 0 Å². The molecule has 0 saturated heterocycles. The summed E-state index contributed by atoms with van der Waals surface area (Å²) in [6.07, 6.45) is 3.72. The molecule has 1 aromatic carbocycles. The SMILES string of the molecule is O=C(Cc1csc(/C=C/c2ccccc2)n1)NS(=O)(=O)c1cccs1. The molecule has 1 amide bonds. The average Bonchev–Trinajstić information content (AvgIpc) is 3.25. The fourth-order valence-electron chi connectivity index (χ4n) is 2.03. The van der Waals surface area contributed by atoms with Crippen molar-refractivity contribution in [2.75, 3.05) is 0 Å². The number of hydrogen-bond donors (Lipinski definition) is 1. The second-order valence-electron chi connectivity index (χ2n) is 5.06. The maximum atomic E-state index is 12.0. The molecule has 3 aromatic rings. The van der Waals surface area contributed by atoms with Gasteiger partial charge in [-0.25, -0.2) is 18.1 Å². The van der Waals surface area contributed by atoms with Crippen LogP contribution in [0.25, 0.3) is 12.2 Å². The second-order valence-corrected chi connectivity index (χ2v) is 8.81. The van der Waals surface area contributed by atoms with Gasteiger partial charge in [0.25, 0.3) is 10.0 Å². The number of benzene rings is 1. The minimum atomic E-state index is -3.80. The Hall–Kier alpha value is -2.29. The number of amides is 1. The summed E-state index contributed by atoms with van der Waals surface area (Å²) in [6.45, 7) is 0. The van der Waals surface area contributed by atoms with E-state index in [4.69, 9.17) is 0 Å². The van der Waals surface area contributed by atoms with Crippen LogP contribution in [0.4, 0.5) is 0 Å². The predicted octanol–water partition coefficient (Wildman–Crippen LogP) is 3.42. The number of nitrogens with one attached hydrogen (secondary N) is 1. The van der Waals surface area contributed by atoms with Crippen molar-refractivity contribution in [1.82, 2.24) is 9.71 Å². The highest BCUT2D eigenvalue weighted by Gasteiger charge is 2.19. The maximum Gasteiger partial charge on any atom is 0.273 e. The normalized spacial score (nSPS) is 11.7. The van der Waals surface area contributed by atoms with Gasteiger partial charge in [-0.15, -0.1) is 22.7 Å². The van der Waals surface area contributed by atoms with E-state index in [1.54, 1.807) is 16.8 Å². The standard InChI is InChI=1S/C17H14N2O3S3/c20-15(19-25(21,22)17-7-4-10-23-17)11-14-12-24-16(18-14)9-8-13-5-2-1-3-6-13/h1-10,12H,11H2,(H,19,20)/b9-8+. The summed E-state index contributed by atoms with van der Waals surface area (Å²) in [5, 5.41) is 4.15. The zero-order chi connectivity index (χ0) is 17.7. The van der Waals surface area contributed by atoms with E-state index in [2.05, 4.69) is 9.71 Å². The van der Waals surface area contributed by atoms with Crippen molar-refractivity contribution in [1.29, 1.82) is 0 Å². The van der Waals surface area contributed by atoms with Gasteiger partial charge in [-0.2, -0.15) is 0 Å². The molecule has 0 saturated carbocycles. The van der Waals surface area contributed by atoms with Crippen LogP contribution in [0.5, 0.6) is 0 Å². The van der Waals surface area contributed by atoms with Gasteiger partial charge < -0.3 is 0 Å². The molecule has 0 aliphatic heterocycles. The molecule has 128 valence electrons. The first-order chi connectivity index (χ1) is 12.0. The van der Waals surface area contributed by atoms with Gasteiger partial charge in [-0.1, -0.05) is 42.5 Å². The van der Waals surface area contributed by atoms with Crippen LogP contribution in [0, 0.1) is 0 Å². The molecule has 0 bridgehead atoms. The summed E-state index contributed by atoms with van der Waals surface area (Å²) in [4.78, 5) is 16.3. The Morgan fingerprint density at radius 3 is 2.60 bits per heavy atom. The Morgan fingerprint density at radius 1 is 1.08 bits per heavy atom. The van der Waals surface area contributed by atoms with E-state index in [1.807, 2.05) is 42.5 Å². The predicted molar refractivity (Wildman–Crippen MR) is 101 cm³/mol. The van der Waals surface area contributed by atoms with Gasteiger partial charge in [0.2, 0.25) is 5.91 Å². The lowest BCUT2D eigenvalue weighted by molar-refractivity contribution is -0.118. The maximum absolute atomic E-state index is 12.0. The molecule has 8 heteroatoms. The van der Waals surface area contributed by atoms with Crippen molar-refractivity contribution in [3.63, 3.8) is 0 Å². The molecule has 0 aliphatic carbocycles. The van der Waals surface area contributed by atoms with Gasteiger partial charge in [0, 0.05) is 5.38 Å². The lowest BCUT2D eigenvalue weighted by Gasteiger charge is -2.03. The Morgan fingerprint density at radius 2 is 1.88 bits per heavy atom. The molecule has 0 radical (unpaired) electrons. The number of sulfonamides is 1. The molecule has 2 heterocycles. The Labute approximate surface area is 153 Å². The van der Waals surface area contributed by atoms with Crippen LogP contribution in [-0.2, 0) is 21.2 Å². The summed E-state index contributed by atoms with van der Waals surface area (Å²) < 4.78 is 26.2. The van der Waals surface area contributed by atoms with E-state index in [-0.39, 0.29) is 10.6 Å². The van der Waals surface area contributed by atoms with E-state index in [0.29, 0.717) is 5.69 Å². The first-order valence-corrected chi connectivity index (χ1v) is 10.5. The molecule has 0 unspecified atom stereocenters. The third-order valence-corrected chi connectivity index (χ3v) is 6.77. The smallest absolute Gasteiger partial charge is 0.273 e. The number of carbonyl (C=O) groups is 1. The Balaban J connectivity index is 1.61. The number of carbonyl (C=O) groups excluding carboxylic acids is 1. The van der Waals surface area contributed by atoms with E-state index in [9.17, 15) is 13.2 Å². The highest BCUT2D eigenvalue weighted by atomic mass is 32.2. The van der Waals surface area contributed by atoms with Crippen LogP contribution < -0.4 is 4.72 Å². The minimum Gasteiger partial charge on any atom is -0.274 e. The molecule has 1 N–H and O–H groups in total. The molecular weight excluding hydrogens is 376 g/mol. The first-order valence-electron chi connectivity index (χ1n) is 7.30. The van der Waals surface area contributed by atoms with Crippen LogP contribution in [0.1, 0.15) is 16.3 Å². The van der Waals surface area contributed by atoms with Crippen molar-refractivity contribution in [2.24, 2.45) is 0 Å². The molecule has 0 fully saturated rings. The molecule has 25 heavy (non-hydrogen) atoms. The Bertz CT molecular complexity index is 975. The van der Waals surface area contributed by atoms with Crippen LogP contribution in [0.2, 0.25) is 0 Å². The van der Waals surface area contributed by atoms with E-state index < -0.39 is 15.9 Å². The summed E-state index contributed by atoms with van der Waals surface area (Å²) in [5.74, 6) is -0.600. The molecule has 0 spiro atoms. The number of thiazole rings is 1. The van der Waals surface area contributed by atoms with E-state index in [0.717, 1.165) is 21.9 Å². The van der Waals surface area contributed by atoms with Gasteiger partial charge in [-0.3, -0.25) is 4.79 Å². The fourth-order valence-corrected chi connectivity index (χ4v) is 4.72. The zero-order valence-corrected chi connectivity index (χ0v) is 15.4. The van der Waals surface area contributed by atoms with Crippen molar-refractivity contribution in [3.05, 3.63) is 69.5 Å². The second kappa shape index (κ2) is 7.73. The lowest BCUT2D eigenvalue weighted by atomic mass is 10.2. The summed E-state index contributed by atoms with van der Waals surface area (Å²) in [6, 6.07) is 12.9. The number of thiophene rings is 1. The summed E-state index contributed by atoms with van der Waals surface area (Å²) >= 11 is 2.46. The third kappa shape index (κ3) is 4.85. The monoisotopic (exact) mass is 390 g/mol. The largest absolute Gasteiger partial charge is 0.274 e. The topological polar surface area (TPSA) is 76.1 Å². The van der Waals surface area contributed by atoms with Gasteiger partial charge in [-0.05, 0) is 23.1 Å². The molecule has 0 atom stereocenters.